The van der Waals surface area contributed by atoms with Crippen molar-refractivity contribution in [2.24, 2.45) is 34.5 Å². The van der Waals surface area contributed by atoms with Gasteiger partial charge >= 0.3 is 5.97 Å². The average molecular weight is 400 g/mol. The molecule has 5 aliphatic rings. The van der Waals surface area contributed by atoms with E-state index in [4.69, 9.17) is 4.74 Å². The standard InChI is InChI=1S/C25H37NO3/c1-15(27)23-22(26-11-12-26)14-21-19-6-5-17-13-18(29-16(2)28)7-9-24(17,3)20(19)8-10-25(21,23)4/h5,18-23H,6-14H2,1-4H3. The van der Waals surface area contributed by atoms with Crippen LogP contribution in [-0.4, -0.2) is 41.9 Å². The lowest BCUT2D eigenvalue weighted by atomic mass is 9.47. The first-order chi connectivity index (χ1) is 13.7. The maximum Gasteiger partial charge on any atom is 0.302 e. The number of carbonyl (C=O) groups is 2. The summed E-state index contributed by atoms with van der Waals surface area (Å²) in [6, 6.07) is 0.485. The number of rotatable bonds is 3. The van der Waals surface area contributed by atoms with Gasteiger partial charge in [-0.2, -0.15) is 0 Å². The monoisotopic (exact) mass is 399 g/mol. The molecular weight excluding hydrogens is 362 g/mol. The molecule has 0 amide bonds. The number of carbonyl (C=O) groups excluding carboxylic acids is 2. The molecule has 4 nitrogen and oxygen atoms in total. The van der Waals surface area contributed by atoms with E-state index in [-0.39, 0.29) is 28.8 Å². The van der Waals surface area contributed by atoms with Crippen LogP contribution in [0.25, 0.3) is 0 Å². The smallest absolute Gasteiger partial charge is 0.302 e. The van der Waals surface area contributed by atoms with Crippen LogP contribution in [0.2, 0.25) is 0 Å². The van der Waals surface area contributed by atoms with Gasteiger partial charge in [-0.15, -0.1) is 0 Å². The number of ketones is 1. The fraction of sp³-hybridized carbons (Fsp3) is 0.840. The summed E-state index contributed by atoms with van der Waals surface area (Å²) < 4.78 is 5.57. The minimum atomic E-state index is -0.149. The van der Waals surface area contributed by atoms with Gasteiger partial charge in [0.2, 0.25) is 0 Å². The third-order valence-electron chi connectivity index (χ3n) is 9.81. The first-order valence-electron chi connectivity index (χ1n) is 11.9. The molecule has 8 atom stereocenters. The highest BCUT2D eigenvalue weighted by atomic mass is 16.5. The second-order valence-electron chi connectivity index (χ2n) is 11.2. The zero-order valence-corrected chi connectivity index (χ0v) is 18.6. The first-order valence-corrected chi connectivity index (χ1v) is 11.9. The largest absolute Gasteiger partial charge is 0.462 e. The second kappa shape index (κ2) is 6.67. The van der Waals surface area contributed by atoms with Gasteiger partial charge in [0.25, 0.3) is 0 Å². The highest BCUT2D eigenvalue weighted by molar-refractivity contribution is 5.80. The van der Waals surface area contributed by atoms with Gasteiger partial charge in [0.05, 0.1) is 0 Å². The summed E-state index contributed by atoms with van der Waals surface area (Å²) >= 11 is 0. The van der Waals surface area contributed by atoms with Crippen molar-refractivity contribution in [1.29, 1.82) is 0 Å². The van der Waals surface area contributed by atoms with Crippen molar-refractivity contribution in [1.82, 2.24) is 4.90 Å². The van der Waals surface area contributed by atoms with Crippen molar-refractivity contribution in [3.63, 3.8) is 0 Å². The SMILES string of the molecule is CC(=O)OC1CCC2(C)C(=CCC3C2CCC2(C)C3CC(N3CC3)C2C(C)=O)C1. The van der Waals surface area contributed by atoms with Crippen molar-refractivity contribution < 1.29 is 14.3 Å². The van der Waals surface area contributed by atoms with Gasteiger partial charge in [-0.3, -0.25) is 14.5 Å². The number of hydrogen-bond acceptors (Lipinski definition) is 4. The van der Waals surface area contributed by atoms with E-state index in [0.29, 0.717) is 23.7 Å². The van der Waals surface area contributed by atoms with Crippen LogP contribution < -0.4 is 0 Å². The van der Waals surface area contributed by atoms with Crippen LogP contribution in [-0.2, 0) is 14.3 Å². The minimum Gasteiger partial charge on any atom is -0.462 e. The van der Waals surface area contributed by atoms with Crippen molar-refractivity contribution in [2.45, 2.75) is 84.8 Å². The van der Waals surface area contributed by atoms with Crippen molar-refractivity contribution >= 4 is 11.8 Å². The van der Waals surface area contributed by atoms with E-state index in [1.165, 1.54) is 39.3 Å². The molecule has 3 saturated carbocycles. The maximum atomic E-state index is 12.7. The molecule has 0 spiro atoms. The number of allylic oxidation sites excluding steroid dienone is 1. The number of esters is 1. The molecule has 0 radical (unpaired) electrons. The summed E-state index contributed by atoms with van der Waals surface area (Å²) in [4.78, 5) is 26.7. The predicted molar refractivity (Wildman–Crippen MR) is 112 cm³/mol. The molecule has 1 saturated heterocycles. The molecule has 0 aromatic rings. The van der Waals surface area contributed by atoms with Gasteiger partial charge in [0.15, 0.2) is 0 Å². The molecule has 0 aromatic heterocycles. The van der Waals surface area contributed by atoms with E-state index in [1.807, 2.05) is 6.92 Å². The van der Waals surface area contributed by atoms with Crippen LogP contribution in [0.3, 0.4) is 0 Å². The molecule has 0 aromatic carbocycles. The quantitative estimate of drug-likeness (QED) is 0.401. The number of hydrogen-bond donors (Lipinski definition) is 0. The van der Waals surface area contributed by atoms with Gasteiger partial charge in [-0.1, -0.05) is 25.5 Å². The van der Waals surface area contributed by atoms with Gasteiger partial charge < -0.3 is 4.74 Å². The fourth-order valence-electron chi connectivity index (χ4n) is 8.46. The zero-order valence-electron chi connectivity index (χ0n) is 18.6. The van der Waals surface area contributed by atoms with E-state index in [2.05, 4.69) is 24.8 Å². The van der Waals surface area contributed by atoms with Gasteiger partial charge in [0, 0.05) is 38.4 Å². The first kappa shape index (κ1) is 19.8. The fourth-order valence-corrected chi connectivity index (χ4v) is 8.46. The van der Waals surface area contributed by atoms with Crippen LogP contribution in [0, 0.1) is 34.5 Å². The Morgan fingerprint density at radius 2 is 1.86 bits per heavy atom. The Bertz CT molecular complexity index is 755. The van der Waals surface area contributed by atoms with Crippen LogP contribution in [0.15, 0.2) is 11.6 Å². The number of nitrogens with zero attached hydrogens (tertiary/aromatic N) is 1. The summed E-state index contributed by atoms with van der Waals surface area (Å²) in [6.45, 7) is 10.7. The van der Waals surface area contributed by atoms with E-state index < -0.39 is 0 Å². The average Bonchev–Trinajstić information content (AvgIpc) is 3.43. The van der Waals surface area contributed by atoms with Crippen molar-refractivity contribution in [3.8, 4) is 0 Å². The van der Waals surface area contributed by atoms with Gasteiger partial charge in [-0.25, -0.2) is 0 Å². The Balaban J connectivity index is 1.43. The topological polar surface area (TPSA) is 46.4 Å². The summed E-state index contributed by atoms with van der Waals surface area (Å²) in [5.74, 6) is 2.60. The van der Waals surface area contributed by atoms with Gasteiger partial charge in [-0.05, 0) is 74.0 Å². The van der Waals surface area contributed by atoms with Crippen molar-refractivity contribution in [3.05, 3.63) is 11.6 Å². The molecular formula is C25H37NO3. The highest BCUT2D eigenvalue weighted by Gasteiger charge is 2.63. The molecule has 8 unspecified atom stereocenters. The summed E-state index contributed by atoms with van der Waals surface area (Å²) in [5, 5.41) is 0. The summed E-state index contributed by atoms with van der Waals surface area (Å²) in [6.07, 6.45) is 10.4. The minimum absolute atomic E-state index is 0.0675. The summed E-state index contributed by atoms with van der Waals surface area (Å²) in [5.41, 5.74) is 1.98. The van der Waals surface area contributed by atoms with Gasteiger partial charge in [0.1, 0.15) is 11.9 Å². The predicted octanol–water partition coefficient (Wildman–Crippen LogP) is 4.38. The number of Topliss-reactive ketones (excluding diaryl/α,β-unsaturated/α-hetero) is 1. The molecule has 4 aliphatic carbocycles. The zero-order chi connectivity index (χ0) is 20.6. The van der Waals surface area contributed by atoms with E-state index in [1.54, 1.807) is 5.57 Å². The molecule has 5 rings (SSSR count). The Kier molecular flexibility index (Phi) is 4.55. The molecule has 4 heteroatoms. The van der Waals surface area contributed by atoms with Crippen LogP contribution in [0.1, 0.15) is 72.6 Å². The van der Waals surface area contributed by atoms with E-state index in [9.17, 15) is 9.59 Å². The normalized spacial score (nSPS) is 48.8. The van der Waals surface area contributed by atoms with Crippen LogP contribution in [0.4, 0.5) is 0 Å². The van der Waals surface area contributed by atoms with E-state index in [0.717, 1.165) is 31.6 Å². The Hall–Kier alpha value is -1.16. The number of ether oxygens (including phenoxy) is 1. The molecule has 160 valence electrons. The van der Waals surface area contributed by atoms with Crippen molar-refractivity contribution in [2.75, 3.05) is 13.1 Å². The Morgan fingerprint density at radius 1 is 1.10 bits per heavy atom. The third-order valence-corrected chi connectivity index (χ3v) is 9.81. The van der Waals surface area contributed by atoms with Crippen LogP contribution in [0.5, 0.6) is 0 Å². The Labute approximate surface area is 175 Å². The number of fused-ring (bicyclic) bond motifs is 5. The van der Waals surface area contributed by atoms with E-state index >= 15 is 0 Å². The highest BCUT2D eigenvalue weighted by Crippen LogP contribution is 2.67. The molecule has 4 fully saturated rings. The maximum absolute atomic E-state index is 12.7. The molecule has 0 bridgehead atoms. The molecule has 29 heavy (non-hydrogen) atoms. The lowest BCUT2D eigenvalue weighted by Crippen LogP contribution is -2.51. The summed E-state index contributed by atoms with van der Waals surface area (Å²) in [7, 11) is 0. The molecule has 1 heterocycles. The lowest BCUT2D eigenvalue weighted by molar-refractivity contribution is -0.149. The van der Waals surface area contributed by atoms with Crippen LogP contribution >= 0.6 is 0 Å². The lowest BCUT2D eigenvalue weighted by Gasteiger charge is -2.58. The second-order valence-corrected chi connectivity index (χ2v) is 11.2. The molecule has 1 aliphatic heterocycles. The Morgan fingerprint density at radius 3 is 2.52 bits per heavy atom. The third kappa shape index (κ3) is 2.96. The molecule has 0 N–H and O–H groups in total.